The first-order chi connectivity index (χ1) is 11.3. The number of benzene rings is 2. The van der Waals surface area contributed by atoms with Crippen LogP contribution in [0.2, 0.25) is 5.02 Å². The molecule has 1 aromatic heterocycles. The normalized spacial score (nSPS) is 10.9. The lowest BCUT2D eigenvalue weighted by Gasteiger charge is -2.06. The number of nitrogens with zero attached hydrogens (tertiary/aromatic N) is 3. The molecule has 23 heavy (non-hydrogen) atoms. The molecule has 0 aliphatic heterocycles. The molecule has 0 spiro atoms. The van der Waals surface area contributed by atoms with E-state index in [-0.39, 0.29) is 0 Å². The molecule has 0 saturated carbocycles. The van der Waals surface area contributed by atoms with Crippen LogP contribution in [-0.4, -0.2) is 15.0 Å². The molecule has 118 valence electrons. The summed E-state index contributed by atoms with van der Waals surface area (Å²) in [6.45, 7) is 4.14. The lowest BCUT2D eigenvalue weighted by molar-refractivity contribution is 0.558. The van der Waals surface area contributed by atoms with Crippen molar-refractivity contribution in [3.05, 3.63) is 70.9 Å². The van der Waals surface area contributed by atoms with Crippen molar-refractivity contribution in [2.45, 2.75) is 26.6 Å². The maximum atomic E-state index is 6.19. The second kappa shape index (κ2) is 7.40. The molecule has 0 saturated heterocycles. The number of aromatic nitrogens is 3. The Kier molecular flexibility index (Phi) is 5.05. The van der Waals surface area contributed by atoms with E-state index in [0.29, 0.717) is 13.1 Å². The van der Waals surface area contributed by atoms with Crippen molar-refractivity contribution in [3.8, 4) is 11.3 Å². The fourth-order valence-corrected chi connectivity index (χ4v) is 2.62. The Morgan fingerprint density at radius 2 is 1.70 bits per heavy atom. The Bertz CT molecular complexity index is 768. The first kappa shape index (κ1) is 15.7. The number of hydrogen-bond acceptors (Lipinski definition) is 3. The van der Waals surface area contributed by atoms with Crippen LogP contribution in [0, 0.1) is 0 Å². The van der Waals surface area contributed by atoms with Gasteiger partial charge in [-0.25, -0.2) is 0 Å². The van der Waals surface area contributed by atoms with Crippen molar-refractivity contribution in [1.82, 2.24) is 20.3 Å². The highest BCUT2D eigenvalue weighted by molar-refractivity contribution is 6.31. The zero-order valence-electron chi connectivity index (χ0n) is 13.0. The number of hydrogen-bond donors (Lipinski definition) is 1. The summed E-state index contributed by atoms with van der Waals surface area (Å²) in [7, 11) is 0. The predicted octanol–water partition coefficient (Wildman–Crippen LogP) is 3.91. The highest BCUT2D eigenvalue weighted by Gasteiger charge is 2.12. The minimum absolute atomic E-state index is 0.648. The molecule has 1 heterocycles. The first-order valence-electron chi connectivity index (χ1n) is 7.71. The van der Waals surface area contributed by atoms with Crippen LogP contribution in [0.3, 0.4) is 0 Å². The van der Waals surface area contributed by atoms with Gasteiger partial charge < -0.3 is 5.32 Å². The van der Waals surface area contributed by atoms with Crippen LogP contribution < -0.4 is 5.32 Å². The van der Waals surface area contributed by atoms with Gasteiger partial charge in [-0.2, -0.15) is 15.0 Å². The maximum absolute atomic E-state index is 6.19. The summed E-state index contributed by atoms with van der Waals surface area (Å²) >= 11 is 6.19. The van der Waals surface area contributed by atoms with Crippen LogP contribution in [0.25, 0.3) is 11.3 Å². The van der Waals surface area contributed by atoms with Crippen LogP contribution in [0.1, 0.15) is 18.2 Å². The Morgan fingerprint density at radius 1 is 0.957 bits per heavy atom. The van der Waals surface area contributed by atoms with Gasteiger partial charge >= 0.3 is 0 Å². The van der Waals surface area contributed by atoms with E-state index in [0.717, 1.165) is 34.1 Å². The van der Waals surface area contributed by atoms with Gasteiger partial charge in [0.25, 0.3) is 0 Å². The summed E-state index contributed by atoms with van der Waals surface area (Å²) in [6.07, 6.45) is 0. The molecular formula is C18H19ClN4. The van der Waals surface area contributed by atoms with Crippen LogP contribution in [0.4, 0.5) is 0 Å². The summed E-state index contributed by atoms with van der Waals surface area (Å²) in [5.74, 6) is 0. The van der Waals surface area contributed by atoms with Crippen molar-refractivity contribution >= 4 is 11.6 Å². The fourth-order valence-electron chi connectivity index (χ4n) is 2.42. The molecule has 3 rings (SSSR count). The number of halogens is 1. The molecule has 4 nitrogen and oxygen atoms in total. The molecule has 5 heteroatoms. The van der Waals surface area contributed by atoms with Gasteiger partial charge in [0, 0.05) is 23.7 Å². The molecule has 0 bridgehead atoms. The molecule has 0 fully saturated rings. The third-order valence-corrected chi connectivity index (χ3v) is 3.99. The van der Waals surface area contributed by atoms with Crippen molar-refractivity contribution in [2.24, 2.45) is 0 Å². The first-order valence-corrected chi connectivity index (χ1v) is 8.09. The highest BCUT2D eigenvalue weighted by atomic mass is 35.5. The monoisotopic (exact) mass is 326 g/mol. The summed E-state index contributed by atoms with van der Waals surface area (Å²) in [5.41, 5.74) is 4.05. The largest absolute Gasteiger partial charge is 0.307 e. The quantitative estimate of drug-likeness (QED) is 0.747. The summed E-state index contributed by atoms with van der Waals surface area (Å²) in [4.78, 5) is 1.73. The van der Waals surface area contributed by atoms with E-state index < -0.39 is 0 Å². The van der Waals surface area contributed by atoms with Crippen molar-refractivity contribution < 1.29 is 0 Å². The van der Waals surface area contributed by atoms with Gasteiger partial charge in [0.05, 0.1) is 6.54 Å². The third kappa shape index (κ3) is 3.78. The molecule has 0 unspecified atom stereocenters. The summed E-state index contributed by atoms with van der Waals surface area (Å²) in [6, 6.07) is 18.0. The minimum atomic E-state index is 0.648. The van der Waals surface area contributed by atoms with Crippen LogP contribution in [0.15, 0.2) is 54.6 Å². The molecule has 0 aliphatic carbocycles. The zero-order valence-corrected chi connectivity index (χ0v) is 13.8. The van der Waals surface area contributed by atoms with E-state index in [1.165, 1.54) is 0 Å². The molecule has 2 aromatic carbocycles. The summed E-state index contributed by atoms with van der Waals surface area (Å²) in [5, 5.41) is 13.3. The zero-order chi connectivity index (χ0) is 16.1. The van der Waals surface area contributed by atoms with E-state index in [2.05, 4.69) is 27.6 Å². The van der Waals surface area contributed by atoms with Crippen molar-refractivity contribution in [2.75, 3.05) is 0 Å². The van der Waals surface area contributed by atoms with E-state index >= 15 is 0 Å². The predicted molar refractivity (Wildman–Crippen MR) is 93.1 cm³/mol. The Morgan fingerprint density at radius 3 is 2.43 bits per heavy atom. The van der Waals surface area contributed by atoms with E-state index in [9.17, 15) is 0 Å². The molecule has 0 atom stereocenters. The molecule has 0 amide bonds. The van der Waals surface area contributed by atoms with Crippen molar-refractivity contribution in [1.29, 1.82) is 0 Å². The Hall–Kier alpha value is -2.17. The standard InChI is InChI=1S/C18H19ClN4/c1-2-23-21-17(18(22-23)14-8-4-3-5-9-14)13-20-12-15-10-6-7-11-16(15)19/h3-11,20H,2,12-13H2,1H3. The van der Waals surface area contributed by atoms with Crippen LogP contribution in [0.5, 0.6) is 0 Å². The van der Waals surface area contributed by atoms with E-state index in [1.54, 1.807) is 4.80 Å². The average molecular weight is 327 g/mol. The highest BCUT2D eigenvalue weighted by Crippen LogP contribution is 2.20. The summed E-state index contributed by atoms with van der Waals surface area (Å²) < 4.78 is 0. The van der Waals surface area contributed by atoms with Crippen molar-refractivity contribution in [3.63, 3.8) is 0 Å². The van der Waals surface area contributed by atoms with Gasteiger partial charge in [-0.3, -0.25) is 0 Å². The topological polar surface area (TPSA) is 42.7 Å². The Balaban J connectivity index is 1.75. The Labute approximate surface area is 141 Å². The van der Waals surface area contributed by atoms with Crippen LogP contribution >= 0.6 is 11.6 Å². The lowest BCUT2D eigenvalue weighted by Crippen LogP contribution is -2.14. The minimum Gasteiger partial charge on any atom is -0.307 e. The van der Waals surface area contributed by atoms with Crippen LogP contribution in [-0.2, 0) is 19.6 Å². The third-order valence-electron chi connectivity index (χ3n) is 3.62. The fraction of sp³-hybridized carbons (Fsp3) is 0.222. The number of nitrogens with one attached hydrogen (secondary N) is 1. The lowest BCUT2D eigenvalue weighted by atomic mass is 10.1. The average Bonchev–Trinajstić information content (AvgIpc) is 3.01. The smallest absolute Gasteiger partial charge is 0.117 e. The molecule has 3 aromatic rings. The van der Waals surface area contributed by atoms with Gasteiger partial charge in [-0.1, -0.05) is 60.1 Å². The molecular weight excluding hydrogens is 308 g/mol. The molecule has 0 aliphatic rings. The number of rotatable bonds is 6. The van der Waals surface area contributed by atoms with E-state index in [1.807, 2.05) is 49.4 Å². The number of aryl methyl sites for hydroxylation is 1. The molecule has 1 N–H and O–H groups in total. The second-order valence-electron chi connectivity index (χ2n) is 5.24. The SMILES string of the molecule is CCn1nc(CNCc2ccccc2Cl)c(-c2ccccc2)n1. The van der Waals surface area contributed by atoms with E-state index in [4.69, 9.17) is 11.6 Å². The van der Waals surface area contributed by atoms with Gasteiger partial charge in [0.1, 0.15) is 11.4 Å². The van der Waals surface area contributed by atoms with Gasteiger partial charge in [-0.15, -0.1) is 0 Å². The van der Waals surface area contributed by atoms with Gasteiger partial charge in [0.15, 0.2) is 0 Å². The van der Waals surface area contributed by atoms with Gasteiger partial charge in [-0.05, 0) is 18.6 Å². The van der Waals surface area contributed by atoms with Gasteiger partial charge in [0.2, 0.25) is 0 Å². The maximum Gasteiger partial charge on any atom is 0.117 e. The second-order valence-corrected chi connectivity index (χ2v) is 5.65. The molecule has 0 radical (unpaired) electrons.